The highest BCUT2D eigenvalue weighted by atomic mass is 35.5. The predicted octanol–water partition coefficient (Wildman–Crippen LogP) is 1.37. The Morgan fingerprint density at radius 2 is 2.43 bits per heavy atom. The largest absolute Gasteiger partial charge is 0.496 e. The fourth-order valence-corrected chi connectivity index (χ4v) is 1.56. The van der Waals surface area contributed by atoms with Crippen molar-refractivity contribution in [3.05, 3.63) is 23.5 Å². The average Bonchev–Trinajstić information content (AvgIpc) is 2.17. The van der Waals surface area contributed by atoms with Crippen molar-refractivity contribution in [1.82, 2.24) is 0 Å². The second-order valence-electron chi connectivity index (χ2n) is 3.46. The number of rotatable bonds is 3. The van der Waals surface area contributed by atoms with E-state index in [1.54, 1.807) is 12.2 Å². The van der Waals surface area contributed by atoms with E-state index in [-0.39, 0.29) is 5.78 Å². The van der Waals surface area contributed by atoms with Gasteiger partial charge in [0, 0.05) is 5.88 Å². The lowest BCUT2D eigenvalue weighted by molar-refractivity contribution is -0.113. The zero-order valence-corrected chi connectivity index (χ0v) is 9.10. The second-order valence-corrected chi connectivity index (χ2v) is 3.72. The van der Waals surface area contributed by atoms with E-state index in [9.17, 15) is 4.79 Å². The molecule has 0 aromatic heterocycles. The minimum absolute atomic E-state index is 0.0188. The Kier molecular flexibility index (Phi) is 3.34. The van der Waals surface area contributed by atoms with Crippen LogP contribution in [0, 0.1) is 0 Å². The van der Waals surface area contributed by atoms with E-state index < -0.39 is 5.54 Å². The zero-order chi connectivity index (χ0) is 10.8. The molecule has 78 valence electrons. The van der Waals surface area contributed by atoms with Gasteiger partial charge in [0.2, 0.25) is 0 Å². The van der Waals surface area contributed by atoms with Crippen molar-refractivity contribution >= 4 is 17.4 Å². The molecular formula is C10H14ClNO2. The van der Waals surface area contributed by atoms with Crippen molar-refractivity contribution < 1.29 is 9.53 Å². The number of alkyl halides is 1. The minimum Gasteiger partial charge on any atom is -0.496 e. The third-order valence-corrected chi connectivity index (χ3v) is 2.72. The van der Waals surface area contributed by atoms with Crippen LogP contribution in [0.3, 0.4) is 0 Å². The van der Waals surface area contributed by atoms with Crippen LogP contribution in [0.4, 0.5) is 0 Å². The SMILES string of the molecule is COC1=C[C@](N)(CCl)CC=C1C(C)=O. The number of Topliss-reactive ketones (excluding diaryl/α,β-unsaturated/α-hetero) is 1. The molecule has 0 bridgehead atoms. The average molecular weight is 216 g/mol. The number of methoxy groups -OCH3 is 1. The first-order valence-electron chi connectivity index (χ1n) is 4.35. The number of ether oxygens (including phenoxy) is 1. The Morgan fingerprint density at radius 3 is 2.86 bits per heavy atom. The second kappa shape index (κ2) is 4.15. The molecular weight excluding hydrogens is 202 g/mol. The van der Waals surface area contributed by atoms with Gasteiger partial charge in [0.1, 0.15) is 5.76 Å². The summed E-state index contributed by atoms with van der Waals surface area (Å²) in [6, 6.07) is 0. The number of hydrogen-bond donors (Lipinski definition) is 1. The summed E-state index contributed by atoms with van der Waals surface area (Å²) in [5.41, 5.74) is 5.93. The first-order chi connectivity index (χ1) is 6.52. The molecule has 0 fully saturated rings. The van der Waals surface area contributed by atoms with E-state index in [1.165, 1.54) is 14.0 Å². The lowest BCUT2D eigenvalue weighted by atomic mass is 9.89. The molecule has 1 aliphatic rings. The van der Waals surface area contributed by atoms with Crippen molar-refractivity contribution in [2.45, 2.75) is 18.9 Å². The number of carbonyl (C=O) groups excluding carboxylic acids is 1. The summed E-state index contributed by atoms with van der Waals surface area (Å²) >= 11 is 5.73. The van der Waals surface area contributed by atoms with Gasteiger partial charge in [-0.15, -0.1) is 11.6 Å². The lowest BCUT2D eigenvalue weighted by Gasteiger charge is -2.27. The quantitative estimate of drug-likeness (QED) is 0.724. The summed E-state index contributed by atoms with van der Waals surface area (Å²) in [5.74, 6) is 0.809. The van der Waals surface area contributed by atoms with Crippen LogP contribution in [0.25, 0.3) is 0 Å². The van der Waals surface area contributed by atoms with Crippen molar-refractivity contribution in [2.75, 3.05) is 13.0 Å². The van der Waals surface area contributed by atoms with Crippen LogP contribution in [-0.4, -0.2) is 24.3 Å². The molecule has 0 saturated carbocycles. The van der Waals surface area contributed by atoms with Crippen LogP contribution in [-0.2, 0) is 9.53 Å². The summed E-state index contributed by atoms with van der Waals surface area (Å²) in [6.07, 6.45) is 4.07. The predicted molar refractivity (Wildman–Crippen MR) is 56.1 cm³/mol. The van der Waals surface area contributed by atoms with Gasteiger partial charge >= 0.3 is 0 Å². The summed E-state index contributed by atoms with van der Waals surface area (Å²) in [6.45, 7) is 1.50. The first kappa shape index (κ1) is 11.3. The van der Waals surface area contributed by atoms with E-state index in [1.807, 2.05) is 0 Å². The van der Waals surface area contributed by atoms with Crippen molar-refractivity contribution in [3.8, 4) is 0 Å². The summed E-state index contributed by atoms with van der Waals surface area (Å²) in [7, 11) is 1.52. The normalized spacial score (nSPS) is 26.6. The van der Waals surface area contributed by atoms with Crippen LogP contribution >= 0.6 is 11.6 Å². The first-order valence-corrected chi connectivity index (χ1v) is 4.89. The molecule has 1 atom stereocenters. The van der Waals surface area contributed by atoms with Gasteiger partial charge in [-0.1, -0.05) is 6.08 Å². The number of nitrogens with two attached hydrogens (primary N) is 1. The number of hydrogen-bond acceptors (Lipinski definition) is 3. The molecule has 4 heteroatoms. The number of carbonyl (C=O) groups is 1. The van der Waals surface area contributed by atoms with E-state index in [0.29, 0.717) is 23.6 Å². The summed E-state index contributed by atoms with van der Waals surface area (Å²) in [4.78, 5) is 11.2. The summed E-state index contributed by atoms with van der Waals surface area (Å²) in [5, 5.41) is 0. The third kappa shape index (κ3) is 2.16. The Bertz CT molecular complexity index is 309. The van der Waals surface area contributed by atoms with Crippen molar-refractivity contribution in [1.29, 1.82) is 0 Å². The molecule has 3 nitrogen and oxygen atoms in total. The smallest absolute Gasteiger partial charge is 0.163 e. The highest BCUT2D eigenvalue weighted by Gasteiger charge is 2.28. The number of allylic oxidation sites excluding steroid dienone is 1. The van der Waals surface area contributed by atoms with E-state index in [0.717, 1.165) is 0 Å². The van der Waals surface area contributed by atoms with E-state index in [4.69, 9.17) is 22.1 Å². The molecule has 0 spiro atoms. The van der Waals surface area contributed by atoms with Gasteiger partial charge in [0.25, 0.3) is 0 Å². The van der Waals surface area contributed by atoms with Crippen LogP contribution < -0.4 is 5.73 Å². The zero-order valence-electron chi connectivity index (χ0n) is 8.34. The molecule has 0 saturated heterocycles. The number of ketones is 1. The van der Waals surface area contributed by atoms with Gasteiger partial charge < -0.3 is 10.5 Å². The molecule has 14 heavy (non-hydrogen) atoms. The molecule has 2 N–H and O–H groups in total. The van der Waals surface area contributed by atoms with Gasteiger partial charge in [-0.2, -0.15) is 0 Å². The van der Waals surface area contributed by atoms with Crippen molar-refractivity contribution in [2.24, 2.45) is 5.73 Å². The van der Waals surface area contributed by atoms with Crippen molar-refractivity contribution in [3.63, 3.8) is 0 Å². The maximum Gasteiger partial charge on any atom is 0.163 e. The van der Waals surface area contributed by atoms with E-state index >= 15 is 0 Å². The minimum atomic E-state index is -0.591. The summed E-state index contributed by atoms with van der Waals surface area (Å²) < 4.78 is 5.10. The molecule has 0 aliphatic heterocycles. The van der Waals surface area contributed by atoms with Crippen LogP contribution in [0.1, 0.15) is 13.3 Å². The highest BCUT2D eigenvalue weighted by molar-refractivity contribution is 6.19. The Labute approximate surface area is 88.6 Å². The molecule has 1 aliphatic carbocycles. The van der Waals surface area contributed by atoms with Gasteiger partial charge in [0.15, 0.2) is 5.78 Å². The maximum absolute atomic E-state index is 11.2. The molecule has 0 aromatic rings. The van der Waals surface area contributed by atoms with Gasteiger partial charge in [-0.3, -0.25) is 4.79 Å². The van der Waals surface area contributed by atoms with E-state index in [2.05, 4.69) is 0 Å². The number of halogens is 1. The molecule has 0 amide bonds. The fourth-order valence-electron chi connectivity index (χ4n) is 1.37. The monoisotopic (exact) mass is 215 g/mol. The topological polar surface area (TPSA) is 52.3 Å². The Hall–Kier alpha value is -0.800. The highest BCUT2D eigenvalue weighted by Crippen LogP contribution is 2.26. The van der Waals surface area contributed by atoms with Crippen LogP contribution in [0.2, 0.25) is 0 Å². The standard InChI is InChI=1S/C10H14ClNO2/c1-7(13)8-3-4-10(12,6-11)5-9(8)14-2/h3,5H,4,6,12H2,1-2H3/t10-/m0/s1. The molecule has 0 radical (unpaired) electrons. The van der Waals surface area contributed by atoms with Gasteiger partial charge in [0.05, 0.1) is 18.2 Å². The third-order valence-electron chi connectivity index (χ3n) is 2.22. The lowest BCUT2D eigenvalue weighted by Crippen LogP contribution is -2.41. The van der Waals surface area contributed by atoms with Crippen LogP contribution in [0.5, 0.6) is 0 Å². The Morgan fingerprint density at radius 1 is 1.79 bits per heavy atom. The van der Waals surface area contributed by atoms with Gasteiger partial charge in [-0.25, -0.2) is 0 Å². The van der Waals surface area contributed by atoms with Crippen LogP contribution in [0.15, 0.2) is 23.5 Å². The molecule has 1 rings (SSSR count). The van der Waals surface area contributed by atoms with Gasteiger partial charge in [-0.05, 0) is 19.4 Å². The fraction of sp³-hybridized carbons (Fsp3) is 0.500. The maximum atomic E-state index is 11.2. The molecule has 0 aromatic carbocycles. The molecule has 0 unspecified atom stereocenters. The Balaban J connectivity index is 2.99. The molecule has 0 heterocycles.